The molecule has 5 nitrogen and oxygen atoms in total. The van der Waals surface area contributed by atoms with Gasteiger partial charge in [-0.1, -0.05) is 35.9 Å². The molecular formula is C19H13ClN2O3S. The van der Waals surface area contributed by atoms with E-state index in [-0.39, 0.29) is 16.1 Å². The van der Waals surface area contributed by atoms with Crippen LogP contribution in [-0.2, 0) is 10.0 Å². The van der Waals surface area contributed by atoms with Gasteiger partial charge in [0.05, 0.1) is 21.2 Å². The van der Waals surface area contributed by atoms with Crippen molar-refractivity contribution in [2.75, 3.05) is 4.72 Å². The minimum absolute atomic E-state index is 0.0525. The zero-order chi connectivity index (χ0) is 18.6. The molecule has 0 aromatic heterocycles. The molecule has 0 bridgehead atoms. The number of anilines is 1. The standard InChI is InChI=1S/C19H13ClN2O3S/c20-17-6-2-4-8-19(17)25-15-9-11-16(12-10-15)26(23,24)22-18-7-3-1-5-14(18)13-21/h1-12,22H. The van der Waals surface area contributed by atoms with Crippen molar-refractivity contribution < 1.29 is 13.2 Å². The Balaban J connectivity index is 1.81. The molecule has 0 fully saturated rings. The Morgan fingerprint density at radius 1 is 0.923 bits per heavy atom. The molecule has 0 saturated heterocycles. The third-order valence-corrected chi connectivity index (χ3v) is 5.18. The van der Waals surface area contributed by atoms with E-state index in [9.17, 15) is 8.42 Å². The fourth-order valence-electron chi connectivity index (χ4n) is 2.21. The van der Waals surface area contributed by atoms with Crippen LogP contribution in [0.4, 0.5) is 5.69 Å². The van der Waals surface area contributed by atoms with Crippen molar-refractivity contribution in [2.45, 2.75) is 4.90 Å². The number of para-hydroxylation sites is 2. The second kappa shape index (κ2) is 7.48. The molecule has 0 aliphatic carbocycles. The number of nitriles is 1. The lowest BCUT2D eigenvalue weighted by molar-refractivity contribution is 0.482. The fraction of sp³-hybridized carbons (Fsp3) is 0. The molecule has 7 heteroatoms. The average Bonchev–Trinajstić information content (AvgIpc) is 2.64. The van der Waals surface area contributed by atoms with Gasteiger partial charge in [0.2, 0.25) is 0 Å². The van der Waals surface area contributed by atoms with Gasteiger partial charge in [0.25, 0.3) is 10.0 Å². The molecule has 130 valence electrons. The van der Waals surface area contributed by atoms with Crippen molar-refractivity contribution in [1.29, 1.82) is 5.26 Å². The number of nitrogens with zero attached hydrogens (tertiary/aromatic N) is 1. The highest BCUT2D eigenvalue weighted by Gasteiger charge is 2.16. The first-order chi connectivity index (χ1) is 12.5. The van der Waals surface area contributed by atoms with E-state index in [1.807, 2.05) is 6.07 Å². The van der Waals surface area contributed by atoms with Gasteiger partial charge in [-0.25, -0.2) is 8.42 Å². The zero-order valence-electron chi connectivity index (χ0n) is 13.4. The lowest BCUT2D eigenvalue weighted by Crippen LogP contribution is -2.13. The molecule has 0 amide bonds. The summed E-state index contributed by atoms with van der Waals surface area (Å²) in [5.74, 6) is 0.931. The van der Waals surface area contributed by atoms with Crippen LogP contribution in [0.1, 0.15) is 5.56 Å². The van der Waals surface area contributed by atoms with Crippen molar-refractivity contribution in [2.24, 2.45) is 0 Å². The van der Waals surface area contributed by atoms with Gasteiger partial charge in [-0.2, -0.15) is 5.26 Å². The van der Waals surface area contributed by atoms with Crippen molar-refractivity contribution in [3.8, 4) is 17.6 Å². The predicted octanol–water partition coefficient (Wildman–Crippen LogP) is 4.80. The van der Waals surface area contributed by atoms with E-state index in [1.165, 1.54) is 30.3 Å². The molecule has 3 rings (SSSR count). The van der Waals surface area contributed by atoms with Crippen molar-refractivity contribution in [3.05, 3.63) is 83.4 Å². The zero-order valence-corrected chi connectivity index (χ0v) is 15.0. The summed E-state index contributed by atoms with van der Waals surface area (Å²) < 4.78 is 33.1. The van der Waals surface area contributed by atoms with Crippen LogP contribution in [0.15, 0.2) is 77.7 Å². The summed E-state index contributed by atoms with van der Waals surface area (Å²) in [6.07, 6.45) is 0. The van der Waals surface area contributed by atoms with E-state index in [2.05, 4.69) is 4.72 Å². The van der Waals surface area contributed by atoms with Gasteiger partial charge < -0.3 is 4.74 Å². The number of rotatable bonds is 5. The molecule has 0 heterocycles. The minimum atomic E-state index is -3.83. The number of ether oxygens (including phenoxy) is 1. The second-order valence-corrected chi connectivity index (χ2v) is 7.36. The van der Waals surface area contributed by atoms with E-state index in [1.54, 1.807) is 42.5 Å². The molecule has 3 aromatic rings. The van der Waals surface area contributed by atoms with E-state index in [4.69, 9.17) is 21.6 Å². The van der Waals surface area contributed by atoms with Crippen LogP contribution in [-0.4, -0.2) is 8.42 Å². The Morgan fingerprint density at radius 3 is 2.27 bits per heavy atom. The Labute approximate surface area is 156 Å². The summed E-state index contributed by atoms with van der Waals surface area (Å²) in [6, 6.07) is 21.2. The summed E-state index contributed by atoms with van der Waals surface area (Å²) in [7, 11) is -3.83. The van der Waals surface area contributed by atoms with Crippen LogP contribution in [0, 0.1) is 11.3 Å². The molecule has 0 radical (unpaired) electrons. The molecule has 0 aliphatic heterocycles. The van der Waals surface area contributed by atoms with Crippen LogP contribution in [0.2, 0.25) is 5.02 Å². The number of hydrogen-bond donors (Lipinski definition) is 1. The Morgan fingerprint density at radius 2 is 1.58 bits per heavy atom. The van der Waals surface area contributed by atoms with Gasteiger partial charge in [0.15, 0.2) is 0 Å². The van der Waals surface area contributed by atoms with Gasteiger partial charge in [0, 0.05) is 0 Å². The van der Waals surface area contributed by atoms with Gasteiger partial charge in [-0.3, -0.25) is 4.72 Å². The van der Waals surface area contributed by atoms with E-state index in [0.717, 1.165) is 0 Å². The molecule has 0 aliphatic rings. The quantitative estimate of drug-likeness (QED) is 0.684. The van der Waals surface area contributed by atoms with Crippen LogP contribution in [0.5, 0.6) is 11.5 Å². The molecule has 0 unspecified atom stereocenters. The lowest BCUT2D eigenvalue weighted by Gasteiger charge is -2.11. The van der Waals surface area contributed by atoms with E-state index < -0.39 is 10.0 Å². The SMILES string of the molecule is N#Cc1ccccc1NS(=O)(=O)c1ccc(Oc2ccccc2Cl)cc1. The van der Waals surface area contributed by atoms with Gasteiger partial charge in [-0.15, -0.1) is 0 Å². The number of hydrogen-bond acceptors (Lipinski definition) is 4. The van der Waals surface area contributed by atoms with E-state index in [0.29, 0.717) is 16.5 Å². The topological polar surface area (TPSA) is 79.2 Å². The molecular weight excluding hydrogens is 372 g/mol. The third kappa shape index (κ3) is 3.97. The Kier molecular flexibility index (Phi) is 5.12. The first-order valence-corrected chi connectivity index (χ1v) is 9.40. The predicted molar refractivity (Wildman–Crippen MR) is 99.9 cm³/mol. The maximum Gasteiger partial charge on any atom is 0.261 e. The van der Waals surface area contributed by atoms with Crippen LogP contribution >= 0.6 is 11.6 Å². The highest BCUT2D eigenvalue weighted by atomic mass is 35.5. The monoisotopic (exact) mass is 384 g/mol. The summed E-state index contributed by atoms with van der Waals surface area (Å²) in [6.45, 7) is 0. The normalized spacial score (nSPS) is 10.8. The lowest BCUT2D eigenvalue weighted by atomic mass is 10.2. The fourth-order valence-corrected chi connectivity index (χ4v) is 3.47. The Bertz CT molecular complexity index is 1070. The van der Waals surface area contributed by atoms with Gasteiger partial charge >= 0.3 is 0 Å². The largest absolute Gasteiger partial charge is 0.456 e. The average molecular weight is 385 g/mol. The van der Waals surface area contributed by atoms with Gasteiger partial charge in [0.1, 0.15) is 17.6 Å². The van der Waals surface area contributed by atoms with E-state index >= 15 is 0 Å². The minimum Gasteiger partial charge on any atom is -0.456 e. The number of halogens is 1. The molecule has 1 N–H and O–H groups in total. The highest BCUT2D eigenvalue weighted by Crippen LogP contribution is 2.29. The summed E-state index contributed by atoms with van der Waals surface area (Å²) >= 11 is 6.04. The smallest absolute Gasteiger partial charge is 0.261 e. The molecule has 0 saturated carbocycles. The van der Waals surface area contributed by atoms with Crippen LogP contribution in [0.3, 0.4) is 0 Å². The van der Waals surface area contributed by atoms with Gasteiger partial charge in [-0.05, 0) is 48.5 Å². The van der Waals surface area contributed by atoms with Crippen LogP contribution < -0.4 is 9.46 Å². The molecule has 0 spiro atoms. The second-order valence-electron chi connectivity index (χ2n) is 5.27. The molecule has 0 atom stereocenters. The third-order valence-electron chi connectivity index (χ3n) is 3.49. The first kappa shape index (κ1) is 17.8. The van der Waals surface area contributed by atoms with Crippen LogP contribution in [0.25, 0.3) is 0 Å². The highest BCUT2D eigenvalue weighted by molar-refractivity contribution is 7.92. The maximum absolute atomic E-state index is 12.5. The Hall–Kier alpha value is -3.01. The molecule has 3 aromatic carbocycles. The summed E-state index contributed by atoms with van der Waals surface area (Å²) in [4.78, 5) is 0.0525. The van der Waals surface area contributed by atoms with Crippen molar-refractivity contribution >= 4 is 27.3 Å². The van der Waals surface area contributed by atoms with Crippen molar-refractivity contribution in [3.63, 3.8) is 0 Å². The number of benzene rings is 3. The molecule has 26 heavy (non-hydrogen) atoms. The number of nitrogens with one attached hydrogen (secondary N) is 1. The summed E-state index contributed by atoms with van der Waals surface area (Å²) in [5.41, 5.74) is 0.473. The van der Waals surface area contributed by atoms with Crippen molar-refractivity contribution in [1.82, 2.24) is 0 Å². The maximum atomic E-state index is 12.5. The summed E-state index contributed by atoms with van der Waals surface area (Å²) in [5, 5.41) is 9.53. The first-order valence-electron chi connectivity index (χ1n) is 7.54. The number of sulfonamides is 1.